The number of nitriles is 1. The van der Waals surface area contributed by atoms with Crippen molar-refractivity contribution in [3.05, 3.63) is 0 Å². The molecule has 0 amide bonds. The molecular weight excluding hydrogens is 162 g/mol. The molecule has 1 saturated carbocycles. The summed E-state index contributed by atoms with van der Waals surface area (Å²) in [5.41, 5.74) is 0.111. The van der Waals surface area contributed by atoms with Gasteiger partial charge in [-0.25, -0.2) is 0 Å². The minimum atomic E-state index is 0.111. The van der Waals surface area contributed by atoms with E-state index in [4.69, 9.17) is 10.00 Å². The Morgan fingerprint density at radius 2 is 2.23 bits per heavy atom. The lowest BCUT2D eigenvalue weighted by molar-refractivity contribution is -0.127. The molecule has 2 heteroatoms. The average molecular weight is 179 g/mol. The number of hydrogen-bond donors (Lipinski definition) is 0. The van der Waals surface area contributed by atoms with E-state index in [0.717, 1.165) is 12.3 Å². The smallest absolute Gasteiger partial charge is 0.0712 e. The van der Waals surface area contributed by atoms with Crippen LogP contribution in [0.25, 0.3) is 0 Å². The maximum atomic E-state index is 8.61. The van der Waals surface area contributed by atoms with Crippen molar-refractivity contribution in [3.8, 4) is 6.07 Å². The summed E-state index contributed by atoms with van der Waals surface area (Å²) in [4.78, 5) is 0. The van der Waals surface area contributed by atoms with Crippen LogP contribution in [0.3, 0.4) is 0 Å². The van der Waals surface area contributed by atoms with Crippen molar-refractivity contribution in [1.29, 1.82) is 5.26 Å². The molecule has 72 valence electrons. The summed E-state index contributed by atoms with van der Waals surface area (Å²) in [5.74, 6) is 0.786. The van der Waals surface area contributed by atoms with Gasteiger partial charge in [-0.2, -0.15) is 5.26 Å². The van der Waals surface area contributed by atoms with E-state index in [0.29, 0.717) is 6.42 Å². The van der Waals surface area contributed by atoms with Gasteiger partial charge >= 0.3 is 0 Å². The Morgan fingerprint density at radius 3 is 2.85 bits per heavy atom. The maximum Gasteiger partial charge on any atom is 0.0712 e. The van der Waals surface area contributed by atoms with Crippen LogP contribution in [0.15, 0.2) is 0 Å². The Labute approximate surface area is 79.9 Å². The van der Waals surface area contributed by atoms with Crippen molar-refractivity contribution in [3.63, 3.8) is 0 Å². The predicted octanol–water partition coefficient (Wildman–Crippen LogP) is 2.64. The highest BCUT2D eigenvalue weighted by Gasteiger charge is 2.45. The maximum absolute atomic E-state index is 8.61. The number of rotatable bonds is 2. The zero-order chi connectivity index (χ0) is 9.31. The summed E-state index contributed by atoms with van der Waals surface area (Å²) in [7, 11) is 0. The molecule has 0 aromatic heterocycles. The Morgan fingerprint density at radius 1 is 1.46 bits per heavy atom. The lowest BCUT2D eigenvalue weighted by Crippen LogP contribution is -2.39. The lowest BCUT2D eigenvalue weighted by atomic mass is 9.88. The van der Waals surface area contributed by atoms with Gasteiger partial charge in [0.2, 0.25) is 0 Å². The van der Waals surface area contributed by atoms with Gasteiger partial charge in [0.25, 0.3) is 0 Å². The van der Waals surface area contributed by atoms with Gasteiger partial charge in [-0.3, -0.25) is 0 Å². The van der Waals surface area contributed by atoms with E-state index in [2.05, 4.69) is 13.0 Å². The second-order valence-corrected chi connectivity index (χ2v) is 4.58. The van der Waals surface area contributed by atoms with Gasteiger partial charge in [0.05, 0.1) is 24.2 Å². The zero-order valence-corrected chi connectivity index (χ0v) is 8.25. The molecule has 2 fully saturated rings. The molecule has 0 aromatic rings. The highest BCUT2D eigenvalue weighted by molar-refractivity contribution is 4.96. The minimum Gasteiger partial charge on any atom is -0.371 e. The summed E-state index contributed by atoms with van der Waals surface area (Å²) in [6, 6.07) is 2.21. The molecule has 0 N–H and O–H groups in total. The largest absolute Gasteiger partial charge is 0.371 e. The van der Waals surface area contributed by atoms with Crippen molar-refractivity contribution in [2.75, 3.05) is 0 Å². The van der Waals surface area contributed by atoms with E-state index in [1.807, 2.05) is 0 Å². The van der Waals surface area contributed by atoms with Gasteiger partial charge in [-0.1, -0.05) is 0 Å². The molecule has 0 aromatic carbocycles. The molecule has 1 saturated heterocycles. The zero-order valence-electron chi connectivity index (χ0n) is 8.25. The Balaban J connectivity index is 1.94. The van der Waals surface area contributed by atoms with E-state index in [-0.39, 0.29) is 11.7 Å². The first-order chi connectivity index (χ1) is 6.24. The van der Waals surface area contributed by atoms with Gasteiger partial charge in [-0.05, 0) is 44.9 Å². The van der Waals surface area contributed by atoms with Crippen LogP contribution in [-0.4, -0.2) is 11.7 Å². The molecule has 2 rings (SSSR count). The summed E-state index contributed by atoms with van der Waals surface area (Å²) >= 11 is 0. The first kappa shape index (κ1) is 9.02. The number of nitrogens with zero attached hydrogens (tertiary/aromatic N) is 1. The van der Waals surface area contributed by atoms with Crippen molar-refractivity contribution < 1.29 is 4.74 Å². The van der Waals surface area contributed by atoms with E-state index >= 15 is 0 Å². The molecule has 0 spiro atoms. The monoisotopic (exact) mass is 179 g/mol. The molecule has 1 aliphatic heterocycles. The van der Waals surface area contributed by atoms with Gasteiger partial charge in [0.15, 0.2) is 0 Å². The summed E-state index contributed by atoms with van der Waals surface area (Å²) in [5, 5.41) is 8.61. The molecule has 1 aliphatic carbocycles. The average Bonchev–Trinajstić information content (AvgIpc) is 2.86. The molecule has 2 unspecified atom stereocenters. The fraction of sp³-hybridized carbons (Fsp3) is 0.909. The standard InChI is InChI=1S/C11H17NO/c1-11(9-4-5-9)7-2-3-10(13-11)6-8-12/h9-10H,2-7H2,1H3. The van der Waals surface area contributed by atoms with Crippen LogP contribution < -0.4 is 0 Å². The van der Waals surface area contributed by atoms with Crippen molar-refractivity contribution >= 4 is 0 Å². The van der Waals surface area contributed by atoms with Crippen LogP contribution in [0.4, 0.5) is 0 Å². The molecule has 0 bridgehead atoms. The molecule has 2 atom stereocenters. The van der Waals surface area contributed by atoms with Gasteiger partial charge in [0, 0.05) is 0 Å². The van der Waals surface area contributed by atoms with Crippen LogP contribution in [-0.2, 0) is 4.74 Å². The Bertz CT molecular complexity index is 229. The highest BCUT2D eigenvalue weighted by Crippen LogP contribution is 2.47. The third kappa shape index (κ3) is 1.86. The summed E-state index contributed by atoms with van der Waals surface area (Å²) in [6.07, 6.45) is 6.95. The molecule has 2 nitrogen and oxygen atoms in total. The van der Waals surface area contributed by atoms with Crippen LogP contribution in [0.2, 0.25) is 0 Å². The molecule has 0 radical (unpaired) electrons. The number of hydrogen-bond acceptors (Lipinski definition) is 2. The quantitative estimate of drug-likeness (QED) is 0.652. The molecule has 2 aliphatic rings. The Hall–Kier alpha value is -0.550. The van der Waals surface area contributed by atoms with Crippen LogP contribution in [0.1, 0.15) is 45.4 Å². The summed E-state index contributed by atoms with van der Waals surface area (Å²) in [6.45, 7) is 2.23. The van der Waals surface area contributed by atoms with E-state index in [1.54, 1.807) is 0 Å². The lowest BCUT2D eigenvalue weighted by Gasteiger charge is -2.38. The van der Waals surface area contributed by atoms with E-state index in [1.165, 1.54) is 25.7 Å². The molecule has 13 heavy (non-hydrogen) atoms. The first-order valence-electron chi connectivity index (χ1n) is 5.29. The molecule has 1 heterocycles. The normalized spacial score (nSPS) is 39.8. The van der Waals surface area contributed by atoms with Crippen molar-refractivity contribution in [2.45, 2.75) is 57.2 Å². The van der Waals surface area contributed by atoms with E-state index in [9.17, 15) is 0 Å². The topological polar surface area (TPSA) is 33.0 Å². The van der Waals surface area contributed by atoms with Crippen molar-refractivity contribution in [1.82, 2.24) is 0 Å². The Kier molecular flexibility index (Phi) is 2.29. The third-order valence-corrected chi connectivity index (χ3v) is 3.40. The second kappa shape index (κ2) is 3.31. The SMILES string of the molecule is CC1(C2CC2)CCCC(CC#N)O1. The van der Waals surface area contributed by atoms with E-state index < -0.39 is 0 Å². The van der Waals surface area contributed by atoms with Crippen molar-refractivity contribution in [2.24, 2.45) is 5.92 Å². The number of ether oxygens (including phenoxy) is 1. The van der Waals surface area contributed by atoms with Crippen LogP contribution in [0, 0.1) is 17.2 Å². The van der Waals surface area contributed by atoms with Crippen LogP contribution in [0.5, 0.6) is 0 Å². The predicted molar refractivity (Wildman–Crippen MR) is 50.1 cm³/mol. The second-order valence-electron chi connectivity index (χ2n) is 4.58. The fourth-order valence-corrected chi connectivity index (χ4v) is 2.42. The van der Waals surface area contributed by atoms with Crippen LogP contribution >= 0.6 is 0 Å². The third-order valence-electron chi connectivity index (χ3n) is 3.40. The summed E-state index contributed by atoms with van der Waals surface area (Å²) < 4.78 is 6.02. The molecular formula is C11H17NO. The van der Waals surface area contributed by atoms with Gasteiger partial charge < -0.3 is 4.74 Å². The first-order valence-corrected chi connectivity index (χ1v) is 5.29. The fourth-order valence-electron chi connectivity index (χ4n) is 2.42. The van der Waals surface area contributed by atoms with Gasteiger partial charge in [0.1, 0.15) is 0 Å². The van der Waals surface area contributed by atoms with Gasteiger partial charge in [-0.15, -0.1) is 0 Å². The minimum absolute atomic E-state index is 0.111. The highest BCUT2D eigenvalue weighted by atomic mass is 16.5.